The summed E-state index contributed by atoms with van der Waals surface area (Å²) in [6, 6.07) is 7.37. The number of carboxylic acids is 1. The molecule has 1 rings (SSSR count). The second-order valence-corrected chi connectivity index (χ2v) is 3.74. The van der Waals surface area contributed by atoms with E-state index in [2.05, 4.69) is 5.32 Å². The first-order valence-electron chi connectivity index (χ1n) is 6.03. The van der Waals surface area contributed by atoms with Gasteiger partial charge in [0.25, 0.3) is 0 Å². The van der Waals surface area contributed by atoms with Crippen LogP contribution in [0.1, 0.15) is 18.9 Å². The van der Waals surface area contributed by atoms with Crippen LogP contribution in [0.4, 0.5) is 0 Å². The number of benzene rings is 1. The van der Waals surface area contributed by atoms with Crippen LogP contribution in [0, 0.1) is 0 Å². The molecule has 0 heterocycles. The predicted octanol–water partition coefficient (Wildman–Crippen LogP) is 1.69. The summed E-state index contributed by atoms with van der Waals surface area (Å²) in [5, 5.41) is 10.9. The van der Waals surface area contributed by atoms with E-state index in [4.69, 9.17) is 9.84 Å². The van der Waals surface area contributed by atoms with Crippen LogP contribution in [0.3, 0.4) is 0 Å². The van der Waals surface area contributed by atoms with E-state index >= 15 is 0 Å². The van der Waals surface area contributed by atoms with Crippen LogP contribution in [0.25, 0.3) is 6.08 Å². The zero-order valence-corrected chi connectivity index (χ0v) is 10.8. The Labute approximate surface area is 111 Å². The number of carboxylic acid groups (broad SMARTS) is 1. The lowest BCUT2D eigenvalue weighted by atomic mass is 10.2. The minimum atomic E-state index is -0.939. The Hall–Kier alpha value is -2.30. The maximum atomic E-state index is 11.4. The molecule has 0 spiro atoms. The molecular formula is C14H17NO4. The molecule has 1 aromatic rings. The number of aliphatic carboxylic acids is 1. The highest BCUT2D eigenvalue weighted by Gasteiger charge is 2.01. The van der Waals surface area contributed by atoms with Gasteiger partial charge in [-0.05, 0) is 19.1 Å². The summed E-state index contributed by atoms with van der Waals surface area (Å²) >= 11 is 0. The van der Waals surface area contributed by atoms with Crippen molar-refractivity contribution in [3.63, 3.8) is 0 Å². The lowest BCUT2D eigenvalue weighted by molar-refractivity contribution is -0.136. The van der Waals surface area contributed by atoms with E-state index in [1.165, 1.54) is 6.08 Å². The molecule has 19 heavy (non-hydrogen) atoms. The van der Waals surface area contributed by atoms with E-state index in [-0.39, 0.29) is 18.9 Å². The zero-order valence-electron chi connectivity index (χ0n) is 10.8. The normalized spacial score (nSPS) is 10.4. The molecule has 0 fully saturated rings. The third kappa shape index (κ3) is 5.72. The third-order valence-corrected chi connectivity index (χ3v) is 2.27. The Kier molecular flexibility index (Phi) is 6.15. The van der Waals surface area contributed by atoms with Crippen molar-refractivity contribution < 1.29 is 19.4 Å². The first-order chi connectivity index (χ1) is 9.13. The van der Waals surface area contributed by atoms with E-state index in [9.17, 15) is 9.59 Å². The summed E-state index contributed by atoms with van der Waals surface area (Å²) in [6.45, 7) is 2.56. The number of carbonyl (C=O) groups excluding carboxylic acids is 1. The van der Waals surface area contributed by atoms with Gasteiger partial charge in [0.1, 0.15) is 5.75 Å². The SMILES string of the molecule is CCOc1ccccc1/C=C/C(=O)NCCC(=O)O. The highest BCUT2D eigenvalue weighted by atomic mass is 16.5. The van der Waals surface area contributed by atoms with Crippen molar-refractivity contribution in [3.8, 4) is 5.75 Å². The molecule has 0 unspecified atom stereocenters. The van der Waals surface area contributed by atoms with Crippen molar-refractivity contribution in [1.29, 1.82) is 0 Å². The van der Waals surface area contributed by atoms with Gasteiger partial charge in [-0.1, -0.05) is 18.2 Å². The second-order valence-electron chi connectivity index (χ2n) is 3.74. The van der Waals surface area contributed by atoms with Crippen LogP contribution in [0.15, 0.2) is 30.3 Å². The van der Waals surface area contributed by atoms with E-state index in [1.54, 1.807) is 6.08 Å². The van der Waals surface area contributed by atoms with Gasteiger partial charge in [0, 0.05) is 18.2 Å². The molecule has 5 heteroatoms. The summed E-state index contributed by atoms with van der Waals surface area (Å²) in [5.41, 5.74) is 0.803. The highest BCUT2D eigenvalue weighted by Crippen LogP contribution is 2.19. The molecule has 0 bridgehead atoms. The number of para-hydroxylation sites is 1. The number of amides is 1. The molecule has 5 nitrogen and oxygen atoms in total. The number of hydrogen-bond donors (Lipinski definition) is 2. The molecule has 0 saturated heterocycles. The van der Waals surface area contributed by atoms with Crippen molar-refractivity contribution >= 4 is 18.0 Å². The average molecular weight is 263 g/mol. The summed E-state index contributed by atoms with van der Waals surface area (Å²) < 4.78 is 5.42. The predicted molar refractivity (Wildman–Crippen MR) is 71.9 cm³/mol. The summed E-state index contributed by atoms with van der Waals surface area (Å²) in [4.78, 5) is 21.7. The molecule has 0 aliphatic heterocycles. The summed E-state index contributed by atoms with van der Waals surface area (Å²) in [6.07, 6.45) is 2.91. The number of rotatable bonds is 7. The monoisotopic (exact) mass is 263 g/mol. The fourth-order valence-electron chi connectivity index (χ4n) is 1.42. The minimum absolute atomic E-state index is 0.0882. The molecule has 102 valence electrons. The first kappa shape index (κ1) is 14.8. The van der Waals surface area contributed by atoms with Crippen molar-refractivity contribution in [2.24, 2.45) is 0 Å². The van der Waals surface area contributed by atoms with Gasteiger partial charge in [0.2, 0.25) is 5.91 Å². The second kappa shape index (κ2) is 7.92. The van der Waals surface area contributed by atoms with Crippen LogP contribution < -0.4 is 10.1 Å². The van der Waals surface area contributed by atoms with Gasteiger partial charge < -0.3 is 15.2 Å². The number of ether oxygens (including phenoxy) is 1. The Morgan fingerprint density at radius 3 is 2.79 bits per heavy atom. The maximum Gasteiger partial charge on any atom is 0.305 e. The standard InChI is InChI=1S/C14H17NO4/c1-2-19-12-6-4-3-5-11(12)7-8-13(16)15-10-9-14(17)18/h3-8H,2,9-10H2,1H3,(H,15,16)(H,17,18)/b8-7+. The van der Waals surface area contributed by atoms with Crippen LogP contribution in [0.2, 0.25) is 0 Å². The summed E-state index contributed by atoms with van der Waals surface area (Å²) in [5.74, 6) is -0.557. The molecule has 0 aliphatic carbocycles. The van der Waals surface area contributed by atoms with Crippen LogP contribution in [-0.2, 0) is 9.59 Å². The molecule has 1 amide bonds. The molecule has 0 atom stereocenters. The van der Waals surface area contributed by atoms with Gasteiger partial charge in [0.05, 0.1) is 13.0 Å². The molecule has 0 radical (unpaired) electrons. The molecule has 0 saturated carbocycles. The maximum absolute atomic E-state index is 11.4. The molecule has 0 aliphatic rings. The topological polar surface area (TPSA) is 75.6 Å². The van der Waals surface area contributed by atoms with Crippen LogP contribution >= 0.6 is 0 Å². The van der Waals surface area contributed by atoms with E-state index in [0.29, 0.717) is 12.4 Å². The zero-order chi connectivity index (χ0) is 14.1. The van der Waals surface area contributed by atoms with Gasteiger partial charge >= 0.3 is 5.97 Å². The van der Waals surface area contributed by atoms with Gasteiger partial charge in [-0.25, -0.2) is 0 Å². The van der Waals surface area contributed by atoms with E-state index in [0.717, 1.165) is 5.56 Å². The lowest BCUT2D eigenvalue weighted by Gasteiger charge is -2.06. The highest BCUT2D eigenvalue weighted by molar-refractivity contribution is 5.92. The molecular weight excluding hydrogens is 246 g/mol. The van der Waals surface area contributed by atoms with Crippen molar-refractivity contribution in [1.82, 2.24) is 5.32 Å². The Morgan fingerprint density at radius 2 is 2.11 bits per heavy atom. The number of carbonyl (C=O) groups is 2. The van der Waals surface area contributed by atoms with Crippen molar-refractivity contribution in [2.45, 2.75) is 13.3 Å². The van der Waals surface area contributed by atoms with Crippen molar-refractivity contribution in [3.05, 3.63) is 35.9 Å². The third-order valence-electron chi connectivity index (χ3n) is 2.27. The number of nitrogens with one attached hydrogen (secondary N) is 1. The van der Waals surface area contributed by atoms with E-state index in [1.807, 2.05) is 31.2 Å². The quantitative estimate of drug-likeness (QED) is 0.734. The molecule has 2 N–H and O–H groups in total. The Bertz CT molecular complexity index is 468. The summed E-state index contributed by atoms with van der Waals surface area (Å²) in [7, 11) is 0. The molecule has 1 aromatic carbocycles. The number of hydrogen-bond acceptors (Lipinski definition) is 3. The fraction of sp³-hybridized carbons (Fsp3) is 0.286. The Morgan fingerprint density at radius 1 is 1.37 bits per heavy atom. The first-order valence-corrected chi connectivity index (χ1v) is 6.03. The minimum Gasteiger partial charge on any atom is -0.493 e. The molecule has 0 aromatic heterocycles. The van der Waals surface area contributed by atoms with Gasteiger partial charge in [0.15, 0.2) is 0 Å². The van der Waals surface area contributed by atoms with Gasteiger partial charge in [-0.2, -0.15) is 0 Å². The van der Waals surface area contributed by atoms with Crippen molar-refractivity contribution in [2.75, 3.05) is 13.2 Å². The largest absolute Gasteiger partial charge is 0.493 e. The van der Waals surface area contributed by atoms with E-state index < -0.39 is 5.97 Å². The fourth-order valence-corrected chi connectivity index (χ4v) is 1.42. The smallest absolute Gasteiger partial charge is 0.305 e. The average Bonchev–Trinajstić information content (AvgIpc) is 2.37. The van der Waals surface area contributed by atoms with Crippen LogP contribution in [0.5, 0.6) is 5.75 Å². The van der Waals surface area contributed by atoms with Gasteiger partial charge in [-0.3, -0.25) is 9.59 Å². The Balaban J connectivity index is 2.55. The lowest BCUT2D eigenvalue weighted by Crippen LogP contribution is -2.23. The van der Waals surface area contributed by atoms with Gasteiger partial charge in [-0.15, -0.1) is 0 Å². The van der Waals surface area contributed by atoms with Crippen LogP contribution in [-0.4, -0.2) is 30.1 Å².